The maximum atomic E-state index is 12.3. The van der Waals surface area contributed by atoms with Crippen molar-refractivity contribution in [2.24, 2.45) is 5.92 Å². The Kier molecular flexibility index (Phi) is 24.7. The summed E-state index contributed by atoms with van der Waals surface area (Å²) in [6.07, 6.45) is 8.09. The predicted octanol–water partition coefficient (Wildman–Crippen LogP) is 10.2. The lowest BCUT2D eigenvalue weighted by atomic mass is 9.77. The van der Waals surface area contributed by atoms with Crippen LogP contribution < -0.4 is 9.47 Å². The van der Waals surface area contributed by atoms with Gasteiger partial charge in [-0.05, 0) is 121 Å². The molecule has 0 unspecified atom stereocenters. The molecule has 0 aromatic heterocycles. The molecule has 1 aliphatic rings. The number of rotatable bonds is 17. The van der Waals surface area contributed by atoms with Gasteiger partial charge in [0.15, 0.2) is 0 Å². The summed E-state index contributed by atoms with van der Waals surface area (Å²) in [4.78, 5) is 17.1. The smallest absolute Gasteiger partial charge is 0.266 e. The molecule has 53 heavy (non-hydrogen) atoms. The molecule has 0 aliphatic heterocycles. The van der Waals surface area contributed by atoms with Crippen LogP contribution in [0.4, 0.5) is 8.78 Å². The molecule has 0 spiro atoms. The van der Waals surface area contributed by atoms with Crippen molar-refractivity contribution in [3.8, 4) is 33.8 Å². The van der Waals surface area contributed by atoms with E-state index in [0.717, 1.165) is 72.8 Å². The van der Waals surface area contributed by atoms with Gasteiger partial charge < -0.3 is 28.8 Å². The first kappa shape index (κ1) is 46.6. The highest BCUT2D eigenvalue weighted by Crippen LogP contribution is 2.39. The van der Waals surface area contributed by atoms with E-state index in [1.165, 1.54) is 28.3 Å². The van der Waals surface area contributed by atoms with Crippen LogP contribution >= 0.6 is 0 Å². The van der Waals surface area contributed by atoms with E-state index in [1.54, 1.807) is 21.1 Å². The molecule has 0 atom stereocenters. The third-order valence-corrected chi connectivity index (χ3v) is 8.59. The molecule has 3 aromatic carbocycles. The van der Waals surface area contributed by atoms with Crippen molar-refractivity contribution >= 4 is 13.1 Å². The van der Waals surface area contributed by atoms with Crippen molar-refractivity contribution in [1.82, 2.24) is 0 Å². The monoisotopic (exact) mass is 736 g/mol. The summed E-state index contributed by atoms with van der Waals surface area (Å²) < 4.78 is 46.9. The minimum Gasteiger partial charge on any atom is -0.491 e. The summed E-state index contributed by atoms with van der Waals surface area (Å²) in [5.41, 5.74) is 8.06. The topological polar surface area (TPSA) is 91.3 Å². The van der Waals surface area contributed by atoms with E-state index in [-0.39, 0.29) is 6.61 Å². The van der Waals surface area contributed by atoms with Gasteiger partial charge >= 0.3 is 0 Å². The predicted molar refractivity (Wildman–Crippen MR) is 211 cm³/mol. The van der Waals surface area contributed by atoms with Crippen LogP contribution in [-0.4, -0.2) is 65.4 Å². The molecule has 1 aliphatic carbocycles. The summed E-state index contributed by atoms with van der Waals surface area (Å²) in [5.74, 6) is 2.61. The number of allylic oxidation sites excluding steroid dienone is 2. The number of aldehydes is 1. The Morgan fingerprint density at radius 2 is 1.36 bits per heavy atom. The lowest BCUT2D eigenvalue weighted by Gasteiger charge is -2.28. The molecule has 1 saturated carbocycles. The van der Waals surface area contributed by atoms with E-state index in [4.69, 9.17) is 33.6 Å². The highest BCUT2D eigenvalue weighted by molar-refractivity contribution is 5.75. The van der Waals surface area contributed by atoms with E-state index in [1.807, 2.05) is 12.9 Å². The van der Waals surface area contributed by atoms with Crippen molar-refractivity contribution in [1.29, 1.82) is 0 Å². The van der Waals surface area contributed by atoms with Gasteiger partial charge in [-0.2, -0.15) is 8.78 Å². The standard InChI is InChI=1S/C36H44F2O4.C4H8O.C3H4O.CH2O/c1-4-27-22-31(30-14-12-29(13-15-30)28-10-8-26(9-11-28)6-5-7-36(37)38)16-17-35(27)32-23-33(41-20-18-39-2)25-34(24-32)42-21-19-40-3;1-4(2)3-5;1-2-3-4;1-2/h7,12-17,22-26,28H,4-6,8-11,18-21H2,1-3H3;5H,1,3H2,2H3;2-3H,1H2;1H2. The van der Waals surface area contributed by atoms with Gasteiger partial charge in [0, 0.05) is 20.3 Å². The third-order valence-electron chi connectivity index (χ3n) is 8.59. The molecule has 0 heterocycles. The van der Waals surface area contributed by atoms with Crippen molar-refractivity contribution < 1.29 is 42.4 Å². The van der Waals surface area contributed by atoms with Gasteiger partial charge in [0.05, 0.1) is 19.8 Å². The fraction of sp³-hybridized carbons (Fsp3) is 0.409. The SMILES string of the molecule is C=C(C)CO.C=CC=O.C=O.CCc1cc(-c2ccc(C3CCC(CCC=C(F)F)CC3)cc2)ccc1-c1cc(OCCOC)cc(OCCOC)c1. The number of methoxy groups -OCH3 is 2. The summed E-state index contributed by atoms with van der Waals surface area (Å²) in [5, 5.41) is 8.04. The van der Waals surface area contributed by atoms with Gasteiger partial charge in [0.1, 0.15) is 37.8 Å². The van der Waals surface area contributed by atoms with Crippen LogP contribution in [-0.2, 0) is 25.5 Å². The number of carbonyl (C=O) groups excluding carboxylic acids is 2. The van der Waals surface area contributed by atoms with Gasteiger partial charge in [-0.1, -0.05) is 68.1 Å². The first-order valence-corrected chi connectivity index (χ1v) is 17.9. The molecular formula is C44H58F2O7. The molecule has 1 fully saturated rings. The number of aliphatic hydroxyl groups is 1. The number of halogens is 2. The molecule has 1 N–H and O–H groups in total. The first-order chi connectivity index (χ1) is 25.7. The fourth-order valence-corrected chi connectivity index (χ4v) is 5.89. The minimum atomic E-state index is -1.56. The average molecular weight is 737 g/mol. The van der Waals surface area contributed by atoms with Crippen molar-refractivity contribution in [3.05, 3.63) is 109 Å². The quantitative estimate of drug-likeness (QED) is 0.0639. The van der Waals surface area contributed by atoms with Gasteiger partial charge in [-0.3, -0.25) is 4.79 Å². The summed E-state index contributed by atoms with van der Waals surface area (Å²) in [6, 6.07) is 21.7. The molecule has 0 saturated heterocycles. The second-order valence-corrected chi connectivity index (χ2v) is 12.5. The van der Waals surface area contributed by atoms with Crippen molar-refractivity contribution in [3.63, 3.8) is 0 Å². The molecule has 7 nitrogen and oxygen atoms in total. The number of carbonyl (C=O) groups is 2. The first-order valence-electron chi connectivity index (χ1n) is 17.9. The maximum absolute atomic E-state index is 12.3. The molecule has 0 amide bonds. The lowest BCUT2D eigenvalue weighted by molar-refractivity contribution is -0.104. The Balaban J connectivity index is 0.00000113. The third kappa shape index (κ3) is 18.2. The van der Waals surface area contributed by atoms with Crippen LogP contribution in [0.2, 0.25) is 0 Å². The van der Waals surface area contributed by atoms with Crippen LogP contribution in [0.3, 0.4) is 0 Å². The van der Waals surface area contributed by atoms with Crippen molar-refractivity contribution in [2.75, 3.05) is 47.3 Å². The summed E-state index contributed by atoms with van der Waals surface area (Å²) in [7, 11) is 3.32. The van der Waals surface area contributed by atoms with Gasteiger partial charge in [-0.25, -0.2) is 0 Å². The zero-order valence-electron chi connectivity index (χ0n) is 31.9. The highest BCUT2D eigenvalue weighted by atomic mass is 19.3. The van der Waals surface area contributed by atoms with Crippen LogP contribution in [0.1, 0.15) is 69.4 Å². The van der Waals surface area contributed by atoms with Gasteiger partial charge in [-0.15, -0.1) is 0 Å². The van der Waals surface area contributed by atoms with E-state index < -0.39 is 6.08 Å². The van der Waals surface area contributed by atoms with E-state index in [2.05, 4.69) is 74.7 Å². The number of hydrogen-bond donors (Lipinski definition) is 1. The molecule has 4 rings (SSSR count). The van der Waals surface area contributed by atoms with E-state index in [9.17, 15) is 8.78 Å². The number of benzene rings is 3. The van der Waals surface area contributed by atoms with Crippen LogP contribution in [0.25, 0.3) is 22.3 Å². The summed E-state index contributed by atoms with van der Waals surface area (Å²) in [6.45, 7) is 14.6. The van der Waals surface area contributed by atoms with Gasteiger partial charge in [0.2, 0.25) is 0 Å². The molecule has 290 valence electrons. The Bertz CT molecular complexity index is 1470. The molecular weight excluding hydrogens is 678 g/mol. The van der Waals surface area contributed by atoms with E-state index in [0.29, 0.717) is 51.0 Å². The number of aliphatic hydroxyl groups excluding tert-OH is 1. The Hall–Kier alpha value is -4.44. The number of aryl methyl sites for hydroxylation is 1. The average Bonchev–Trinajstić information content (AvgIpc) is 3.19. The van der Waals surface area contributed by atoms with Gasteiger partial charge in [0.25, 0.3) is 6.08 Å². The van der Waals surface area contributed by atoms with Crippen LogP contribution in [0.5, 0.6) is 11.5 Å². The Labute approximate surface area is 315 Å². The zero-order chi connectivity index (χ0) is 39.4. The summed E-state index contributed by atoms with van der Waals surface area (Å²) >= 11 is 0. The minimum absolute atomic E-state index is 0.111. The fourth-order valence-electron chi connectivity index (χ4n) is 5.89. The second-order valence-electron chi connectivity index (χ2n) is 12.5. The Morgan fingerprint density at radius 1 is 0.830 bits per heavy atom. The lowest BCUT2D eigenvalue weighted by Crippen LogP contribution is -2.13. The number of ether oxygens (including phenoxy) is 4. The van der Waals surface area contributed by atoms with Crippen LogP contribution in [0, 0.1) is 5.92 Å². The van der Waals surface area contributed by atoms with Crippen LogP contribution in [0.15, 0.2) is 97.6 Å². The molecule has 0 radical (unpaired) electrons. The van der Waals surface area contributed by atoms with Crippen molar-refractivity contribution in [2.45, 2.75) is 64.7 Å². The molecule has 3 aromatic rings. The maximum Gasteiger partial charge on any atom is 0.266 e. The molecule has 0 bridgehead atoms. The zero-order valence-corrected chi connectivity index (χ0v) is 31.9. The normalized spacial score (nSPS) is 14.4. The second kappa shape index (κ2) is 28.1. The largest absolute Gasteiger partial charge is 0.491 e. The van der Waals surface area contributed by atoms with E-state index >= 15 is 0 Å². The Morgan fingerprint density at radius 3 is 1.81 bits per heavy atom. The highest BCUT2D eigenvalue weighted by Gasteiger charge is 2.22. The number of hydrogen-bond acceptors (Lipinski definition) is 7. The molecule has 9 heteroatoms.